The zero-order chi connectivity index (χ0) is 13.4. The first-order chi connectivity index (χ1) is 8.72. The van der Waals surface area contributed by atoms with E-state index in [2.05, 4.69) is 6.92 Å². The van der Waals surface area contributed by atoms with Crippen LogP contribution < -0.4 is 9.47 Å². The smallest absolute Gasteiger partial charge is 0.166 e. The highest BCUT2D eigenvalue weighted by molar-refractivity contribution is 5.98. The lowest BCUT2D eigenvalue weighted by Gasteiger charge is -2.12. The topological polar surface area (TPSA) is 35.5 Å². The zero-order valence-electron chi connectivity index (χ0n) is 11.5. The molecule has 100 valence electrons. The second-order valence-electron chi connectivity index (χ2n) is 4.13. The summed E-state index contributed by atoms with van der Waals surface area (Å²) in [5.41, 5.74) is 0.625. The maximum absolute atomic E-state index is 11.9. The SMILES string of the molecule is CCCOc1ccc(OCCC)c(C(=O)CC)c1. The van der Waals surface area contributed by atoms with E-state index in [4.69, 9.17) is 9.47 Å². The zero-order valence-corrected chi connectivity index (χ0v) is 11.5. The molecule has 0 radical (unpaired) electrons. The molecule has 18 heavy (non-hydrogen) atoms. The Bertz CT molecular complexity index is 385. The van der Waals surface area contributed by atoms with Gasteiger partial charge >= 0.3 is 0 Å². The van der Waals surface area contributed by atoms with Gasteiger partial charge in [0.1, 0.15) is 11.5 Å². The fourth-order valence-corrected chi connectivity index (χ4v) is 1.57. The molecule has 0 unspecified atom stereocenters. The molecular formula is C15H22O3. The molecule has 0 atom stereocenters. The van der Waals surface area contributed by atoms with Gasteiger partial charge in [0.05, 0.1) is 18.8 Å². The van der Waals surface area contributed by atoms with Gasteiger partial charge in [-0.05, 0) is 31.0 Å². The second-order valence-corrected chi connectivity index (χ2v) is 4.13. The Morgan fingerprint density at radius 3 is 2.33 bits per heavy atom. The molecule has 1 rings (SSSR count). The minimum atomic E-state index is 0.0862. The Labute approximate surface area is 109 Å². The molecule has 0 spiro atoms. The summed E-state index contributed by atoms with van der Waals surface area (Å²) < 4.78 is 11.1. The normalized spacial score (nSPS) is 10.2. The quantitative estimate of drug-likeness (QED) is 0.657. The number of Topliss-reactive ketones (excluding diaryl/α,β-unsaturated/α-hetero) is 1. The molecule has 0 fully saturated rings. The average molecular weight is 250 g/mol. The maximum Gasteiger partial charge on any atom is 0.166 e. The first-order valence-electron chi connectivity index (χ1n) is 6.65. The molecule has 0 saturated heterocycles. The van der Waals surface area contributed by atoms with Crippen LogP contribution in [0.5, 0.6) is 11.5 Å². The first kappa shape index (κ1) is 14.6. The summed E-state index contributed by atoms with van der Waals surface area (Å²) in [7, 11) is 0. The number of ketones is 1. The monoisotopic (exact) mass is 250 g/mol. The van der Waals surface area contributed by atoms with Crippen molar-refractivity contribution in [1.29, 1.82) is 0 Å². The average Bonchev–Trinajstić information content (AvgIpc) is 2.42. The van der Waals surface area contributed by atoms with Crippen molar-refractivity contribution in [1.82, 2.24) is 0 Å². The van der Waals surface area contributed by atoms with Crippen molar-refractivity contribution in [3.05, 3.63) is 23.8 Å². The molecule has 3 heteroatoms. The van der Waals surface area contributed by atoms with Crippen LogP contribution in [0.4, 0.5) is 0 Å². The summed E-state index contributed by atoms with van der Waals surface area (Å²) in [6, 6.07) is 5.46. The lowest BCUT2D eigenvalue weighted by Crippen LogP contribution is -2.05. The van der Waals surface area contributed by atoms with Crippen molar-refractivity contribution < 1.29 is 14.3 Å². The van der Waals surface area contributed by atoms with E-state index in [-0.39, 0.29) is 5.78 Å². The van der Waals surface area contributed by atoms with Gasteiger partial charge in [-0.25, -0.2) is 0 Å². The Kier molecular flexibility index (Phi) is 6.26. The van der Waals surface area contributed by atoms with E-state index in [0.717, 1.165) is 18.6 Å². The van der Waals surface area contributed by atoms with Gasteiger partial charge in [0.2, 0.25) is 0 Å². The van der Waals surface area contributed by atoms with Gasteiger partial charge in [-0.1, -0.05) is 20.8 Å². The molecule has 0 aliphatic heterocycles. The van der Waals surface area contributed by atoms with Crippen LogP contribution in [0, 0.1) is 0 Å². The molecule has 0 bridgehead atoms. The molecule has 0 saturated carbocycles. The first-order valence-corrected chi connectivity index (χ1v) is 6.65. The highest BCUT2D eigenvalue weighted by atomic mass is 16.5. The number of benzene rings is 1. The Balaban J connectivity index is 2.92. The van der Waals surface area contributed by atoms with E-state index in [9.17, 15) is 4.79 Å². The van der Waals surface area contributed by atoms with Crippen molar-refractivity contribution in [2.75, 3.05) is 13.2 Å². The third-order valence-electron chi connectivity index (χ3n) is 2.51. The van der Waals surface area contributed by atoms with Crippen LogP contribution in [0.1, 0.15) is 50.4 Å². The van der Waals surface area contributed by atoms with E-state index >= 15 is 0 Å². The largest absolute Gasteiger partial charge is 0.494 e. The van der Waals surface area contributed by atoms with Crippen LogP contribution in [0.3, 0.4) is 0 Å². The van der Waals surface area contributed by atoms with Crippen molar-refractivity contribution in [3.8, 4) is 11.5 Å². The summed E-state index contributed by atoms with van der Waals surface area (Å²) in [6.07, 6.45) is 2.35. The van der Waals surface area contributed by atoms with Crippen LogP contribution in [0.15, 0.2) is 18.2 Å². The maximum atomic E-state index is 11.9. The molecule has 0 heterocycles. The van der Waals surface area contributed by atoms with Crippen LogP contribution in [0.25, 0.3) is 0 Å². The highest BCUT2D eigenvalue weighted by Crippen LogP contribution is 2.26. The van der Waals surface area contributed by atoms with Gasteiger partial charge in [-0.3, -0.25) is 4.79 Å². The number of rotatable bonds is 8. The van der Waals surface area contributed by atoms with Crippen molar-refractivity contribution in [2.45, 2.75) is 40.0 Å². The molecule has 1 aromatic carbocycles. The van der Waals surface area contributed by atoms with Gasteiger partial charge in [-0.2, -0.15) is 0 Å². The van der Waals surface area contributed by atoms with Crippen molar-refractivity contribution in [2.24, 2.45) is 0 Å². The second kappa shape index (κ2) is 7.75. The third kappa shape index (κ3) is 4.06. The summed E-state index contributed by atoms with van der Waals surface area (Å²) in [6.45, 7) is 7.23. The highest BCUT2D eigenvalue weighted by Gasteiger charge is 2.12. The lowest BCUT2D eigenvalue weighted by molar-refractivity contribution is 0.0983. The number of hydrogen-bond donors (Lipinski definition) is 0. The molecule has 0 aliphatic rings. The van der Waals surface area contributed by atoms with E-state index in [0.29, 0.717) is 30.9 Å². The predicted molar refractivity (Wildman–Crippen MR) is 72.6 cm³/mol. The molecule has 0 aliphatic carbocycles. The van der Waals surface area contributed by atoms with Crippen molar-refractivity contribution in [3.63, 3.8) is 0 Å². The summed E-state index contributed by atoms with van der Waals surface area (Å²) >= 11 is 0. The molecule has 0 amide bonds. The minimum absolute atomic E-state index is 0.0862. The molecular weight excluding hydrogens is 228 g/mol. The fraction of sp³-hybridized carbons (Fsp3) is 0.533. The predicted octanol–water partition coefficient (Wildman–Crippen LogP) is 3.86. The van der Waals surface area contributed by atoms with E-state index in [1.54, 1.807) is 6.07 Å². The minimum Gasteiger partial charge on any atom is -0.494 e. The van der Waals surface area contributed by atoms with Gasteiger partial charge in [0, 0.05) is 6.42 Å². The van der Waals surface area contributed by atoms with E-state index < -0.39 is 0 Å². The van der Waals surface area contributed by atoms with Gasteiger partial charge in [0.25, 0.3) is 0 Å². The molecule has 3 nitrogen and oxygen atoms in total. The fourth-order valence-electron chi connectivity index (χ4n) is 1.57. The number of carbonyl (C=O) groups is 1. The molecule has 1 aromatic rings. The number of carbonyl (C=O) groups excluding carboxylic acids is 1. The van der Waals surface area contributed by atoms with Crippen molar-refractivity contribution >= 4 is 5.78 Å². The summed E-state index contributed by atoms with van der Waals surface area (Å²) in [4.78, 5) is 11.9. The van der Waals surface area contributed by atoms with Gasteiger partial charge in [0.15, 0.2) is 5.78 Å². The Morgan fingerprint density at radius 1 is 1.06 bits per heavy atom. The summed E-state index contributed by atoms with van der Waals surface area (Å²) in [5.74, 6) is 1.48. The standard InChI is InChI=1S/C15H22O3/c1-4-9-17-12-7-8-15(18-10-5-2)13(11-12)14(16)6-3/h7-8,11H,4-6,9-10H2,1-3H3. The molecule has 0 N–H and O–H groups in total. The Hall–Kier alpha value is -1.51. The summed E-state index contributed by atoms with van der Waals surface area (Å²) in [5, 5.41) is 0. The van der Waals surface area contributed by atoms with Crippen LogP contribution >= 0.6 is 0 Å². The molecule has 0 aromatic heterocycles. The lowest BCUT2D eigenvalue weighted by atomic mass is 10.1. The Morgan fingerprint density at radius 2 is 1.72 bits per heavy atom. The van der Waals surface area contributed by atoms with Gasteiger partial charge in [-0.15, -0.1) is 0 Å². The van der Waals surface area contributed by atoms with Crippen LogP contribution in [0.2, 0.25) is 0 Å². The number of ether oxygens (including phenoxy) is 2. The third-order valence-corrected chi connectivity index (χ3v) is 2.51. The number of hydrogen-bond acceptors (Lipinski definition) is 3. The van der Waals surface area contributed by atoms with Crippen LogP contribution in [-0.4, -0.2) is 19.0 Å². The van der Waals surface area contributed by atoms with E-state index in [1.807, 2.05) is 26.0 Å². The van der Waals surface area contributed by atoms with Gasteiger partial charge < -0.3 is 9.47 Å². The van der Waals surface area contributed by atoms with Crippen LogP contribution in [-0.2, 0) is 0 Å². The van der Waals surface area contributed by atoms with E-state index in [1.165, 1.54) is 0 Å².